The second-order valence-electron chi connectivity index (χ2n) is 4.28. The molecule has 0 saturated heterocycles. The molecule has 0 aliphatic carbocycles. The first-order valence-electron chi connectivity index (χ1n) is 6.13. The van der Waals surface area contributed by atoms with Crippen molar-refractivity contribution in [2.75, 3.05) is 20.0 Å². The average Bonchev–Trinajstić information content (AvgIpc) is 2.48. The first-order valence-corrected chi connectivity index (χ1v) is 8.29. The third kappa shape index (κ3) is 3.99. The van der Waals surface area contributed by atoms with Crippen LogP contribution in [0.25, 0.3) is 0 Å². The lowest BCUT2D eigenvalue weighted by molar-refractivity contribution is 0.398. The van der Waals surface area contributed by atoms with Crippen LogP contribution in [0.2, 0.25) is 5.02 Å². The molecule has 0 heterocycles. The smallest absolute Gasteiger partial charge is 0.133 e. The summed E-state index contributed by atoms with van der Waals surface area (Å²) >= 11 is 11.2. The van der Waals surface area contributed by atoms with Gasteiger partial charge in [-0.25, -0.2) is 0 Å². The van der Waals surface area contributed by atoms with Crippen molar-refractivity contribution in [1.29, 1.82) is 0 Å². The Balaban J connectivity index is 2.24. The minimum atomic E-state index is 0.692. The van der Waals surface area contributed by atoms with E-state index in [1.165, 1.54) is 0 Å². The minimum Gasteiger partial charge on any atom is -0.496 e. The van der Waals surface area contributed by atoms with E-state index in [4.69, 9.17) is 26.8 Å². The van der Waals surface area contributed by atoms with Gasteiger partial charge >= 0.3 is 0 Å². The summed E-state index contributed by atoms with van der Waals surface area (Å²) in [6.07, 6.45) is 0. The van der Waals surface area contributed by atoms with Gasteiger partial charge in [-0.05, 0) is 46.3 Å². The summed E-state index contributed by atoms with van der Waals surface area (Å²) in [5.41, 5.74) is 7.52. The van der Waals surface area contributed by atoms with E-state index < -0.39 is 0 Å². The highest BCUT2D eigenvalue weighted by molar-refractivity contribution is 9.10. The maximum atomic E-state index is 6.18. The molecule has 0 amide bonds. The number of rotatable bonds is 5. The molecule has 0 aliphatic rings. The molecule has 2 N–H and O–H groups in total. The zero-order valence-electron chi connectivity index (χ0n) is 11.7. The molecule has 112 valence electrons. The third-order valence-corrected chi connectivity index (χ3v) is 5.06. The predicted molar refractivity (Wildman–Crippen MR) is 92.7 cm³/mol. The van der Waals surface area contributed by atoms with Crippen molar-refractivity contribution in [3.05, 3.63) is 45.4 Å². The summed E-state index contributed by atoms with van der Waals surface area (Å²) in [6, 6.07) is 9.32. The van der Waals surface area contributed by atoms with E-state index in [-0.39, 0.29) is 0 Å². The normalized spacial score (nSPS) is 10.5. The van der Waals surface area contributed by atoms with Crippen molar-refractivity contribution in [3.63, 3.8) is 0 Å². The van der Waals surface area contributed by atoms with E-state index in [1.807, 2.05) is 18.2 Å². The Morgan fingerprint density at radius 1 is 1.14 bits per heavy atom. The Morgan fingerprint density at radius 3 is 2.52 bits per heavy atom. The van der Waals surface area contributed by atoms with Crippen LogP contribution in [0.5, 0.6) is 11.5 Å². The molecule has 0 fully saturated rings. The number of hydrogen-bond acceptors (Lipinski definition) is 4. The minimum absolute atomic E-state index is 0.692. The number of anilines is 1. The van der Waals surface area contributed by atoms with Gasteiger partial charge in [-0.1, -0.05) is 11.6 Å². The van der Waals surface area contributed by atoms with Crippen molar-refractivity contribution in [3.8, 4) is 11.5 Å². The summed E-state index contributed by atoms with van der Waals surface area (Å²) in [5.74, 6) is 2.27. The molecule has 0 atom stereocenters. The third-order valence-electron chi connectivity index (χ3n) is 2.89. The van der Waals surface area contributed by atoms with Gasteiger partial charge in [0.2, 0.25) is 0 Å². The van der Waals surface area contributed by atoms with Crippen LogP contribution in [0.1, 0.15) is 5.56 Å². The summed E-state index contributed by atoms with van der Waals surface area (Å²) in [4.78, 5) is 0.945. The number of thioether (sulfide) groups is 1. The van der Waals surface area contributed by atoms with Crippen LogP contribution < -0.4 is 15.2 Å². The summed E-state index contributed by atoms with van der Waals surface area (Å²) in [7, 11) is 3.29. The first-order chi connectivity index (χ1) is 10.0. The van der Waals surface area contributed by atoms with Crippen molar-refractivity contribution < 1.29 is 9.47 Å². The molecule has 6 heteroatoms. The van der Waals surface area contributed by atoms with Gasteiger partial charge in [0.15, 0.2) is 0 Å². The van der Waals surface area contributed by atoms with E-state index in [9.17, 15) is 0 Å². The molecular weight excluding hydrogens is 374 g/mol. The topological polar surface area (TPSA) is 44.5 Å². The number of methoxy groups -OCH3 is 2. The molecule has 21 heavy (non-hydrogen) atoms. The highest BCUT2D eigenvalue weighted by Crippen LogP contribution is 2.37. The molecule has 2 aromatic carbocycles. The molecule has 0 aliphatic heterocycles. The fraction of sp³-hybridized carbons (Fsp3) is 0.200. The molecule has 0 unspecified atom stereocenters. The largest absolute Gasteiger partial charge is 0.496 e. The summed E-state index contributed by atoms with van der Waals surface area (Å²) in [5, 5.41) is 0.692. The van der Waals surface area contributed by atoms with E-state index in [2.05, 4.69) is 15.9 Å². The van der Waals surface area contributed by atoms with Crippen molar-refractivity contribution in [2.24, 2.45) is 0 Å². The van der Waals surface area contributed by atoms with E-state index in [0.717, 1.165) is 26.4 Å². The van der Waals surface area contributed by atoms with Gasteiger partial charge in [-0.15, -0.1) is 11.8 Å². The van der Waals surface area contributed by atoms with Crippen LogP contribution >= 0.6 is 39.3 Å². The fourth-order valence-corrected chi connectivity index (χ4v) is 3.55. The van der Waals surface area contributed by atoms with E-state index >= 15 is 0 Å². The van der Waals surface area contributed by atoms with Gasteiger partial charge < -0.3 is 15.2 Å². The molecule has 2 rings (SSSR count). The van der Waals surface area contributed by atoms with E-state index in [1.54, 1.807) is 38.1 Å². The predicted octanol–water partition coefficient (Wildman–Crippen LogP) is 4.99. The lowest BCUT2D eigenvalue weighted by Crippen LogP contribution is -1.94. The second kappa shape index (κ2) is 7.29. The fourth-order valence-electron chi connectivity index (χ4n) is 1.82. The van der Waals surface area contributed by atoms with Gasteiger partial charge in [0.05, 0.1) is 23.7 Å². The molecular formula is C15H15BrClNO2S. The Bertz CT molecular complexity index is 652. The molecule has 0 spiro atoms. The second-order valence-corrected chi connectivity index (χ2v) is 6.56. The van der Waals surface area contributed by atoms with Gasteiger partial charge in [0.1, 0.15) is 11.5 Å². The number of halogens is 2. The van der Waals surface area contributed by atoms with Gasteiger partial charge in [0.25, 0.3) is 0 Å². The monoisotopic (exact) mass is 387 g/mol. The SMILES string of the molecule is COc1cc(CSc2cc(N)ccc2Cl)c(OC)cc1Br. The number of benzene rings is 2. The van der Waals surface area contributed by atoms with Gasteiger partial charge in [0, 0.05) is 21.9 Å². The summed E-state index contributed by atoms with van der Waals surface area (Å²) < 4.78 is 11.6. The van der Waals surface area contributed by atoms with Crippen LogP contribution in [0.4, 0.5) is 5.69 Å². The van der Waals surface area contributed by atoms with Gasteiger partial charge in [-0.2, -0.15) is 0 Å². The quantitative estimate of drug-likeness (QED) is 0.578. The first kappa shape index (κ1) is 16.3. The van der Waals surface area contributed by atoms with Crippen LogP contribution in [0.3, 0.4) is 0 Å². The Kier molecular flexibility index (Phi) is 5.67. The zero-order valence-corrected chi connectivity index (χ0v) is 14.8. The standard InChI is InChI=1S/C15H15BrClNO2S/c1-19-13-7-11(16)14(20-2)5-9(13)8-21-15-6-10(18)3-4-12(15)17/h3-7H,8,18H2,1-2H3. The van der Waals surface area contributed by atoms with Crippen LogP contribution in [-0.2, 0) is 5.75 Å². The lowest BCUT2D eigenvalue weighted by atomic mass is 10.2. The number of nitrogens with two attached hydrogens (primary N) is 1. The Hall–Kier alpha value is -1.04. The molecule has 0 saturated carbocycles. The molecule has 0 radical (unpaired) electrons. The maximum absolute atomic E-state index is 6.18. The molecule has 0 bridgehead atoms. The highest BCUT2D eigenvalue weighted by atomic mass is 79.9. The Labute approximate surface area is 141 Å². The number of nitrogen functional groups attached to an aromatic ring is 1. The number of ether oxygens (including phenoxy) is 2. The van der Waals surface area contributed by atoms with Crippen LogP contribution in [0.15, 0.2) is 39.7 Å². The van der Waals surface area contributed by atoms with Crippen LogP contribution in [0, 0.1) is 0 Å². The highest BCUT2D eigenvalue weighted by Gasteiger charge is 2.11. The molecule has 0 aromatic heterocycles. The van der Waals surface area contributed by atoms with E-state index in [0.29, 0.717) is 16.5 Å². The number of hydrogen-bond donors (Lipinski definition) is 1. The maximum Gasteiger partial charge on any atom is 0.133 e. The summed E-state index contributed by atoms with van der Waals surface area (Å²) in [6.45, 7) is 0. The van der Waals surface area contributed by atoms with Crippen molar-refractivity contribution in [1.82, 2.24) is 0 Å². The van der Waals surface area contributed by atoms with Crippen LogP contribution in [-0.4, -0.2) is 14.2 Å². The van der Waals surface area contributed by atoms with Gasteiger partial charge in [-0.3, -0.25) is 0 Å². The molecule has 3 nitrogen and oxygen atoms in total. The zero-order chi connectivity index (χ0) is 15.4. The lowest BCUT2D eigenvalue weighted by Gasteiger charge is -2.12. The Morgan fingerprint density at radius 2 is 1.86 bits per heavy atom. The average molecular weight is 389 g/mol. The molecule has 2 aromatic rings. The van der Waals surface area contributed by atoms with Crippen molar-refractivity contribution in [2.45, 2.75) is 10.6 Å². The van der Waals surface area contributed by atoms with Crippen molar-refractivity contribution >= 4 is 45.0 Å².